The van der Waals surface area contributed by atoms with Gasteiger partial charge in [0.25, 0.3) is 5.91 Å². The Morgan fingerprint density at radius 1 is 1.26 bits per heavy atom. The fourth-order valence-electron chi connectivity index (χ4n) is 2.32. The van der Waals surface area contributed by atoms with E-state index in [9.17, 15) is 9.90 Å². The minimum Gasteiger partial charge on any atom is -0.497 e. The number of halogens is 1. The van der Waals surface area contributed by atoms with Crippen LogP contribution in [0.2, 0.25) is 0 Å². The van der Waals surface area contributed by atoms with Gasteiger partial charge >= 0.3 is 0 Å². The van der Waals surface area contributed by atoms with Gasteiger partial charge in [0.2, 0.25) is 0 Å². The molecule has 2 atom stereocenters. The van der Waals surface area contributed by atoms with Crippen molar-refractivity contribution >= 4 is 28.5 Å². The molecule has 23 heavy (non-hydrogen) atoms. The summed E-state index contributed by atoms with van der Waals surface area (Å²) in [5.74, 6) is 0.420. The average molecular weight is 425 g/mol. The maximum Gasteiger partial charge on any atom is 0.252 e. The summed E-state index contributed by atoms with van der Waals surface area (Å²) in [6.45, 7) is 3.72. The zero-order chi connectivity index (χ0) is 17.0. The van der Waals surface area contributed by atoms with Crippen molar-refractivity contribution in [2.24, 2.45) is 0 Å². The highest BCUT2D eigenvalue weighted by Crippen LogP contribution is 2.24. The second-order valence-electron chi connectivity index (χ2n) is 5.42. The highest BCUT2D eigenvalue weighted by molar-refractivity contribution is 14.1. The van der Waals surface area contributed by atoms with E-state index in [2.05, 4.69) is 27.9 Å². The molecule has 2 N–H and O–H groups in total. The molecule has 2 aromatic carbocycles. The summed E-state index contributed by atoms with van der Waals surface area (Å²) in [7, 11) is 1.57. The molecule has 0 unspecified atom stereocenters. The number of benzene rings is 2. The molecular formula is C18H20INO3. The van der Waals surface area contributed by atoms with Gasteiger partial charge in [0.15, 0.2) is 0 Å². The summed E-state index contributed by atoms with van der Waals surface area (Å²) in [6, 6.07) is 12.5. The van der Waals surface area contributed by atoms with E-state index < -0.39 is 12.1 Å². The van der Waals surface area contributed by atoms with Crippen molar-refractivity contribution in [2.45, 2.75) is 26.0 Å². The van der Waals surface area contributed by atoms with Gasteiger partial charge < -0.3 is 15.2 Å². The second kappa shape index (κ2) is 7.79. The van der Waals surface area contributed by atoms with Crippen LogP contribution >= 0.6 is 22.6 Å². The Balaban J connectivity index is 2.17. The first-order valence-electron chi connectivity index (χ1n) is 7.32. The number of aliphatic hydroxyl groups excluding tert-OH is 1. The number of carbonyl (C=O) groups is 1. The predicted molar refractivity (Wildman–Crippen MR) is 98.8 cm³/mol. The van der Waals surface area contributed by atoms with E-state index in [0.29, 0.717) is 11.3 Å². The molecule has 0 fully saturated rings. The van der Waals surface area contributed by atoms with Crippen LogP contribution in [-0.4, -0.2) is 24.2 Å². The zero-order valence-electron chi connectivity index (χ0n) is 13.3. The Labute approximate surface area is 150 Å². The fourth-order valence-corrected chi connectivity index (χ4v) is 2.88. The minimum atomic E-state index is -0.760. The van der Waals surface area contributed by atoms with Gasteiger partial charge in [-0.1, -0.05) is 30.3 Å². The maximum atomic E-state index is 12.5. The van der Waals surface area contributed by atoms with E-state index >= 15 is 0 Å². The lowest BCUT2D eigenvalue weighted by Crippen LogP contribution is -2.37. The Bertz CT molecular complexity index is 688. The van der Waals surface area contributed by atoms with Crippen LogP contribution in [-0.2, 0) is 0 Å². The molecule has 2 rings (SSSR count). The summed E-state index contributed by atoms with van der Waals surface area (Å²) in [5, 5.41) is 13.2. The summed E-state index contributed by atoms with van der Waals surface area (Å²) in [6.07, 6.45) is -0.760. The largest absolute Gasteiger partial charge is 0.497 e. The quantitative estimate of drug-likeness (QED) is 0.722. The lowest BCUT2D eigenvalue weighted by molar-refractivity contribution is 0.0851. The number of aliphatic hydroxyl groups is 1. The van der Waals surface area contributed by atoms with Crippen LogP contribution in [0.25, 0.3) is 0 Å². The number of rotatable bonds is 5. The van der Waals surface area contributed by atoms with Gasteiger partial charge in [0.1, 0.15) is 5.75 Å². The summed E-state index contributed by atoms with van der Waals surface area (Å²) < 4.78 is 6.11. The molecule has 0 aliphatic rings. The van der Waals surface area contributed by atoms with Gasteiger partial charge in [0, 0.05) is 3.57 Å². The molecule has 122 valence electrons. The number of nitrogens with one attached hydrogen (secondary N) is 1. The zero-order valence-corrected chi connectivity index (χ0v) is 15.5. The monoisotopic (exact) mass is 425 g/mol. The molecule has 5 heteroatoms. The first-order valence-corrected chi connectivity index (χ1v) is 8.40. The smallest absolute Gasteiger partial charge is 0.252 e. The molecule has 0 saturated heterocycles. The van der Waals surface area contributed by atoms with Crippen LogP contribution < -0.4 is 10.1 Å². The molecule has 0 aliphatic heterocycles. The number of ether oxygens (including phenoxy) is 1. The number of hydrogen-bond donors (Lipinski definition) is 2. The van der Waals surface area contributed by atoms with E-state index in [0.717, 1.165) is 14.7 Å². The molecule has 2 aromatic rings. The fraction of sp³-hybridized carbons (Fsp3) is 0.278. The van der Waals surface area contributed by atoms with Crippen molar-refractivity contribution in [3.05, 3.63) is 62.7 Å². The van der Waals surface area contributed by atoms with Crippen LogP contribution in [0.3, 0.4) is 0 Å². The molecule has 4 nitrogen and oxygen atoms in total. The van der Waals surface area contributed by atoms with Gasteiger partial charge in [-0.05, 0) is 59.7 Å². The van der Waals surface area contributed by atoms with Crippen molar-refractivity contribution < 1.29 is 14.6 Å². The van der Waals surface area contributed by atoms with Crippen LogP contribution in [0.5, 0.6) is 5.75 Å². The lowest BCUT2D eigenvalue weighted by atomic mass is 10.0. The average Bonchev–Trinajstić information content (AvgIpc) is 2.57. The number of carbonyl (C=O) groups excluding carboxylic acids is 1. The number of methoxy groups -OCH3 is 1. The Kier molecular flexibility index (Phi) is 6.01. The van der Waals surface area contributed by atoms with E-state index in [4.69, 9.17) is 4.74 Å². The van der Waals surface area contributed by atoms with Gasteiger partial charge in [-0.2, -0.15) is 0 Å². The number of hydrogen-bond acceptors (Lipinski definition) is 3. The van der Waals surface area contributed by atoms with Crippen molar-refractivity contribution in [3.8, 4) is 5.75 Å². The van der Waals surface area contributed by atoms with Crippen molar-refractivity contribution in [1.82, 2.24) is 5.32 Å². The second-order valence-corrected chi connectivity index (χ2v) is 6.50. The predicted octanol–water partition coefficient (Wildman–Crippen LogP) is 3.46. The van der Waals surface area contributed by atoms with Gasteiger partial charge in [0.05, 0.1) is 24.8 Å². The number of amides is 1. The molecule has 0 spiro atoms. The molecule has 0 aliphatic carbocycles. The topological polar surface area (TPSA) is 58.6 Å². The Morgan fingerprint density at radius 3 is 2.52 bits per heavy atom. The third-order valence-electron chi connectivity index (χ3n) is 3.68. The SMILES string of the molecule is COc1cc(C)c(I)c(C(=O)N[C@H](C)[C@@H](O)c2ccccc2)c1. The first kappa shape index (κ1) is 17.7. The van der Waals surface area contributed by atoms with Crippen molar-refractivity contribution in [3.63, 3.8) is 0 Å². The van der Waals surface area contributed by atoms with Gasteiger partial charge in [-0.25, -0.2) is 0 Å². The Hall–Kier alpha value is -1.60. The van der Waals surface area contributed by atoms with Crippen LogP contribution in [0.1, 0.15) is 34.5 Å². The van der Waals surface area contributed by atoms with Gasteiger partial charge in [-0.15, -0.1) is 0 Å². The maximum absolute atomic E-state index is 12.5. The van der Waals surface area contributed by atoms with E-state index in [1.54, 1.807) is 20.1 Å². The van der Waals surface area contributed by atoms with Crippen molar-refractivity contribution in [2.75, 3.05) is 7.11 Å². The summed E-state index contributed by atoms with van der Waals surface area (Å²) in [5.41, 5.74) is 2.30. The molecule has 0 saturated carbocycles. The summed E-state index contributed by atoms with van der Waals surface area (Å²) >= 11 is 2.15. The third-order valence-corrected chi connectivity index (χ3v) is 5.11. The molecule has 0 radical (unpaired) electrons. The Morgan fingerprint density at radius 2 is 1.91 bits per heavy atom. The molecular weight excluding hydrogens is 405 g/mol. The highest BCUT2D eigenvalue weighted by atomic mass is 127. The minimum absolute atomic E-state index is 0.223. The number of aryl methyl sites for hydroxylation is 1. The molecule has 1 amide bonds. The highest BCUT2D eigenvalue weighted by Gasteiger charge is 2.21. The van der Waals surface area contributed by atoms with Crippen LogP contribution in [0.15, 0.2) is 42.5 Å². The molecule has 0 aromatic heterocycles. The third kappa shape index (κ3) is 4.23. The van der Waals surface area contributed by atoms with Crippen molar-refractivity contribution in [1.29, 1.82) is 0 Å². The van der Waals surface area contributed by atoms with E-state index in [1.807, 2.05) is 43.3 Å². The summed E-state index contributed by atoms with van der Waals surface area (Å²) in [4.78, 5) is 12.5. The standard InChI is InChI=1S/C18H20INO3/c1-11-9-14(23-3)10-15(16(11)19)18(22)20-12(2)17(21)13-7-5-4-6-8-13/h4-10,12,17,21H,1-3H3,(H,20,22)/t12-,17-/m1/s1. The van der Waals surface area contributed by atoms with Gasteiger partial charge in [-0.3, -0.25) is 4.79 Å². The molecule has 0 bridgehead atoms. The van der Waals surface area contributed by atoms with E-state index in [-0.39, 0.29) is 5.91 Å². The van der Waals surface area contributed by atoms with Crippen LogP contribution in [0, 0.1) is 10.5 Å². The van der Waals surface area contributed by atoms with E-state index in [1.165, 1.54) is 0 Å². The lowest BCUT2D eigenvalue weighted by Gasteiger charge is -2.21. The first-order chi connectivity index (χ1) is 10.9. The normalized spacial score (nSPS) is 13.3. The van der Waals surface area contributed by atoms with Crippen LogP contribution in [0.4, 0.5) is 0 Å². The molecule has 0 heterocycles.